The maximum absolute atomic E-state index is 13.0. The molecular formula is C31H29ClN4O6. The number of carbonyl (C=O) groups is 3. The van der Waals surface area contributed by atoms with Gasteiger partial charge in [-0.2, -0.15) is 0 Å². The van der Waals surface area contributed by atoms with E-state index in [4.69, 9.17) is 21.1 Å². The molecule has 1 aromatic heterocycles. The minimum absolute atomic E-state index is 0.0745. The van der Waals surface area contributed by atoms with Crippen molar-refractivity contribution in [1.29, 1.82) is 0 Å². The molecule has 0 bridgehead atoms. The van der Waals surface area contributed by atoms with Gasteiger partial charge in [0.25, 0.3) is 11.8 Å². The van der Waals surface area contributed by atoms with Crippen LogP contribution in [-0.4, -0.2) is 71.1 Å². The van der Waals surface area contributed by atoms with E-state index in [2.05, 4.69) is 15.3 Å². The molecule has 11 heteroatoms. The number of methoxy groups -OCH3 is 2. The zero-order chi connectivity index (χ0) is 29.8. The Kier molecular flexibility index (Phi) is 8.44. The van der Waals surface area contributed by atoms with E-state index in [1.165, 1.54) is 26.4 Å². The Morgan fingerprint density at radius 1 is 1.07 bits per heavy atom. The third kappa shape index (κ3) is 6.08. The lowest BCUT2D eigenvalue weighted by molar-refractivity contribution is -0.139. The molecule has 4 aromatic rings. The SMILES string of the molecule is COc1cc(Cl)c(C(=O)N[C@@H](Cc2ccc(C3=CCN(C(=O)c4nc5ccccc5[nH]4)CC3)cc2)C(=O)O)cc1OC. The number of fused-ring (bicyclic) bond motifs is 1. The first-order chi connectivity index (χ1) is 20.3. The fourth-order valence-corrected chi connectivity index (χ4v) is 5.11. The van der Waals surface area contributed by atoms with E-state index in [-0.39, 0.29) is 22.9 Å². The van der Waals surface area contributed by atoms with Gasteiger partial charge in [0.2, 0.25) is 0 Å². The molecule has 1 aliphatic rings. The fourth-order valence-electron chi connectivity index (χ4n) is 4.87. The van der Waals surface area contributed by atoms with Crippen LogP contribution in [0.2, 0.25) is 5.02 Å². The van der Waals surface area contributed by atoms with Gasteiger partial charge in [0, 0.05) is 25.6 Å². The number of para-hydroxylation sites is 2. The van der Waals surface area contributed by atoms with E-state index in [1.54, 1.807) is 4.90 Å². The Hall–Kier alpha value is -4.83. The topological polar surface area (TPSA) is 134 Å². The van der Waals surface area contributed by atoms with Crippen LogP contribution in [0.5, 0.6) is 11.5 Å². The minimum atomic E-state index is -1.18. The predicted octanol–water partition coefficient (Wildman–Crippen LogP) is 4.59. The Labute approximate surface area is 246 Å². The second kappa shape index (κ2) is 12.4. The first-order valence-electron chi connectivity index (χ1n) is 13.2. The molecule has 0 saturated heterocycles. The number of hydrogen-bond donors (Lipinski definition) is 3. The fraction of sp³-hybridized carbons (Fsp3) is 0.226. The Balaban J connectivity index is 1.22. The standard InChI is InChI=1S/C31H29ClN4O6/c1-41-26-16-21(22(32)17-27(26)42-2)29(37)35-25(31(39)40)15-18-7-9-19(10-8-18)20-11-13-36(14-12-20)30(38)28-33-23-5-3-4-6-24(23)34-28/h3-11,16-17,25H,12-15H2,1-2H3,(H,33,34)(H,35,37)(H,39,40)/t25-/m0/s1. The number of benzene rings is 3. The number of nitrogens with zero attached hydrogens (tertiary/aromatic N) is 2. The molecule has 0 aliphatic carbocycles. The normalized spacial score (nSPS) is 13.8. The maximum atomic E-state index is 13.0. The van der Waals surface area contributed by atoms with Crippen molar-refractivity contribution < 1.29 is 29.0 Å². The van der Waals surface area contributed by atoms with Gasteiger partial charge in [0.1, 0.15) is 6.04 Å². The van der Waals surface area contributed by atoms with Gasteiger partial charge in [-0.3, -0.25) is 9.59 Å². The minimum Gasteiger partial charge on any atom is -0.493 e. The van der Waals surface area contributed by atoms with Crippen molar-refractivity contribution in [3.8, 4) is 11.5 Å². The molecule has 0 spiro atoms. The highest BCUT2D eigenvalue weighted by Gasteiger charge is 2.25. The van der Waals surface area contributed by atoms with Crippen molar-refractivity contribution in [3.63, 3.8) is 0 Å². The van der Waals surface area contributed by atoms with Gasteiger partial charge >= 0.3 is 5.97 Å². The molecule has 3 N–H and O–H groups in total. The molecule has 216 valence electrons. The number of amides is 2. The summed E-state index contributed by atoms with van der Waals surface area (Å²) in [7, 11) is 2.88. The van der Waals surface area contributed by atoms with Gasteiger partial charge in [0.05, 0.1) is 35.8 Å². The lowest BCUT2D eigenvalue weighted by atomic mass is 9.96. The molecule has 2 amide bonds. The Morgan fingerprint density at radius 3 is 2.43 bits per heavy atom. The number of carboxylic acid groups (broad SMARTS) is 1. The number of aromatic amines is 1. The molecule has 1 aliphatic heterocycles. The smallest absolute Gasteiger partial charge is 0.326 e. The van der Waals surface area contributed by atoms with Gasteiger partial charge in [-0.1, -0.05) is 54.1 Å². The summed E-state index contributed by atoms with van der Waals surface area (Å²) in [6, 6.07) is 16.7. The van der Waals surface area contributed by atoms with Crippen LogP contribution in [0, 0.1) is 0 Å². The number of halogens is 1. The summed E-state index contributed by atoms with van der Waals surface area (Å²) in [5.74, 6) is -0.979. The van der Waals surface area contributed by atoms with E-state index in [1.807, 2.05) is 54.6 Å². The molecule has 1 atom stereocenters. The highest BCUT2D eigenvalue weighted by Crippen LogP contribution is 2.33. The first-order valence-corrected chi connectivity index (χ1v) is 13.6. The summed E-state index contributed by atoms with van der Waals surface area (Å²) in [5.41, 5.74) is 4.48. The molecule has 2 heterocycles. The van der Waals surface area contributed by atoms with Gasteiger partial charge < -0.3 is 29.8 Å². The largest absolute Gasteiger partial charge is 0.493 e. The van der Waals surface area contributed by atoms with E-state index >= 15 is 0 Å². The van der Waals surface area contributed by atoms with Crippen LogP contribution in [0.4, 0.5) is 0 Å². The molecule has 0 saturated carbocycles. The van der Waals surface area contributed by atoms with Crippen LogP contribution in [0.1, 0.15) is 38.5 Å². The van der Waals surface area contributed by atoms with Gasteiger partial charge in [-0.25, -0.2) is 9.78 Å². The number of nitrogens with one attached hydrogen (secondary N) is 2. The summed E-state index contributed by atoms with van der Waals surface area (Å²) in [6.45, 7) is 1.01. The average molecular weight is 589 g/mol. The monoisotopic (exact) mass is 588 g/mol. The summed E-state index contributed by atoms with van der Waals surface area (Å²) in [5, 5.41) is 12.5. The van der Waals surface area contributed by atoms with Crippen LogP contribution in [-0.2, 0) is 11.2 Å². The zero-order valence-electron chi connectivity index (χ0n) is 23.0. The molecule has 42 heavy (non-hydrogen) atoms. The van der Waals surface area contributed by atoms with Crippen molar-refractivity contribution in [2.24, 2.45) is 0 Å². The molecule has 3 aromatic carbocycles. The number of H-pyrrole nitrogens is 1. The Bertz CT molecular complexity index is 1650. The molecule has 0 fully saturated rings. The first kappa shape index (κ1) is 28.7. The van der Waals surface area contributed by atoms with E-state index < -0.39 is 17.9 Å². The molecular weight excluding hydrogens is 560 g/mol. The van der Waals surface area contributed by atoms with Crippen molar-refractivity contribution in [2.45, 2.75) is 18.9 Å². The average Bonchev–Trinajstić information content (AvgIpc) is 3.45. The lowest BCUT2D eigenvalue weighted by Crippen LogP contribution is -2.42. The van der Waals surface area contributed by atoms with Gasteiger partial charge in [-0.15, -0.1) is 0 Å². The van der Waals surface area contributed by atoms with E-state index in [0.717, 1.165) is 27.7 Å². The second-order valence-electron chi connectivity index (χ2n) is 9.79. The van der Waals surface area contributed by atoms with E-state index in [0.29, 0.717) is 36.8 Å². The number of hydrogen-bond acceptors (Lipinski definition) is 6. The number of imidazole rings is 1. The van der Waals surface area contributed by atoms with Crippen molar-refractivity contribution in [3.05, 3.63) is 94.3 Å². The highest BCUT2D eigenvalue weighted by molar-refractivity contribution is 6.34. The number of carbonyl (C=O) groups excluding carboxylic acids is 2. The third-order valence-electron chi connectivity index (χ3n) is 7.17. The van der Waals surface area contributed by atoms with Gasteiger partial charge in [-0.05, 0) is 41.3 Å². The quantitative estimate of drug-likeness (QED) is 0.260. The molecule has 0 unspecified atom stereocenters. The van der Waals surface area contributed by atoms with Crippen LogP contribution >= 0.6 is 11.6 Å². The van der Waals surface area contributed by atoms with Crippen LogP contribution < -0.4 is 14.8 Å². The van der Waals surface area contributed by atoms with Gasteiger partial charge in [0.15, 0.2) is 17.3 Å². The molecule has 5 rings (SSSR count). The van der Waals surface area contributed by atoms with Crippen LogP contribution in [0.15, 0.2) is 66.7 Å². The van der Waals surface area contributed by atoms with Crippen molar-refractivity contribution in [1.82, 2.24) is 20.2 Å². The summed E-state index contributed by atoms with van der Waals surface area (Å²) < 4.78 is 10.4. The molecule has 10 nitrogen and oxygen atoms in total. The summed E-state index contributed by atoms with van der Waals surface area (Å²) >= 11 is 6.25. The summed E-state index contributed by atoms with van der Waals surface area (Å²) in [4.78, 5) is 47.1. The third-order valence-corrected chi connectivity index (χ3v) is 7.49. The summed E-state index contributed by atoms with van der Waals surface area (Å²) in [6.07, 6.45) is 2.77. The van der Waals surface area contributed by atoms with Crippen LogP contribution in [0.25, 0.3) is 16.6 Å². The maximum Gasteiger partial charge on any atom is 0.326 e. The van der Waals surface area contributed by atoms with Crippen molar-refractivity contribution >= 4 is 46.0 Å². The number of aliphatic carboxylic acids is 1. The molecule has 0 radical (unpaired) electrons. The zero-order valence-corrected chi connectivity index (χ0v) is 23.8. The van der Waals surface area contributed by atoms with Crippen molar-refractivity contribution in [2.75, 3.05) is 27.3 Å². The van der Waals surface area contributed by atoms with E-state index in [9.17, 15) is 19.5 Å². The Morgan fingerprint density at radius 2 is 1.79 bits per heavy atom. The highest BCUT2D eigenvalue weighted by atomic mass is 35.5. The number of ether oxygens (including phenoxy) is 2. The number of rotatable bonds is 9. The lowest BCUT2D eigenvalue weighted by Gasteiger charge is -2.26. The number of carboxylic acids is 1. The number of aromatic nitrogens is 2. The predicted molar refractivity (Wildman–Crippen MR) is 158 cm³/mol. The van der Waals surface area contributed by atoms with Crippen LogP contribution in [0.3, 0.4) is 0 Å². The second-order valence-corrected chi connectivity index (χ2v) is 10.2.